The largest absolute Gasteiger partial charge is 0.507 e. The van der Waals surface area contributed by atoms with Crippen molar-refractivity contribution in [2.75, 3.05) is 31.7 Å². The second-order valence-electron chi connectivity index (χ2n) is 9.80. The molecule has 0 saturated heterocycles. The highest BCUT2D eigenvalue weighted by Gasteiger charge is 2.29. The average molecular weight is 577 g/mol. The zero-order valence-corrected chi connectivity index (χ0v) is 23.1. The van der Waals surface area contributed by atoms with Gasteiger partial charge >= 0.3 is 23.8 Å². The molecule has 4 rings (SSSR count). The van der Waals surface area contributed by atoms with Gasteiger partial charge in [-0.3, -0.25) is 14.6 Å². The minimum absolute atomic E-state index is 0.00131. The number of amides is 1. The molecule has 0 atom stereocenters. The van der Waals surface area contributed by atoms with E-state index in [2.05, 4.69) is 4.90 Å². The standard InChI is InChI=1S/C31H32N2O9/c1-41-31(40)27-25(34)10-7-11-26(27)42-17-6-2-5-15-32-16-14-20-12-13-22(18-21(20)19-32)33(28(35)30(38)39)24-9-4-3-8-23(24)29(36)37/h3-4,7-13,18,34H,2,5-6,14-17,19H2,1H3,(H,36,37)(H,38,39). The number of methoxy groups -OCH3 is 1. The van der Waals surface area contributed by atoms with Crippen LogP contribution < -0.4 is 9.64 Å². The number of anilines is 2. The number of rotatable bonds is 11. The summed E-state index contributed by atoms with van der Waals surface area (Å²) in [5.41, 5.74) is 2.12. The monoisotopic (exact) mass is 576 g/mol. The Balaban J connectivity index is 1.37. The van der Waals surface area contributed by atoms with Crippen LogP contribution in [0.4, 0.5) is 11.4 Å². The highest BCUT2D eigenvalue weighted by atomic mass is 16.5. The van der Waals surface area contributed by atoms with Gasteiger partial charge in [0.2, 0.25) is 0 Å². The van der Waals surface area contributed by atoms with Crippen LogP contribution in [0, 0.1) is 0 Å². The van der Waals surface area contributed by atoms with Gasteiger partial charge in [-0.1, -0.05) is 24.3 Å². The Morgan fingerprint density at radius 1 is 0.929 bits per heavy atom. The molecule has 1 amide bonds. The topological polar surface area (TPSA) is 154 Å². The summed E-state index contributed by atoms with van der Waals surface area (Å²) >= 11 is 0. The van der Waals surface area contributed by atoms with Crippen LogP contribution in [0.3, 0.4) is 0 Å². The molecule has 1 aliphatic rings. The summed E-state index contributed by atoms with van der Waals surface area (Å²) in [6.07, 6.45) is 3.27. The van der Waals surface area contributed by atoms with Crippen molar-refractivity contribution < 1.29 is 44.0 Å². The third-order valence-corrected chi connectivity index (χ3v) is 7.07. The number of phenolic OH excluding ortho intramolecular Hbond substituents is 1. The summed E-state index contributed by atoms with van der Waals surface area (Å²) < 4.78 is 10.4. The number of hydrogen-bond acceptors (Lipinski definition) is 8. The maximum Gasteiger partial charge on any atom is 0.395 e. The van der Waals surface area contributed by atoms with E-state index < -0.39 is 23.8 Å². The molecule has 0 fully saturated rings. The molecule has 0 saturated carbocycles. The predicted octanol–water partition coefficient (Wildman–Crippen LogP) is 4.23. The summed E-state index contributed by atoms with van der Waals surface area (Å²) in [7, 11) is 1.24. The quantitative estimate of drug-likeness (QED) is 0.172. The van der Waals surface area contributed by atoms with E-state index in [1.807, 2.05) is 6.07 Å². The highest BCUT2D eigenvalue weighted by molar-refractivity contribution is 6.39. The Morgan fingerprint density at radius 3 is 2.45 bits per heavy atom. The zero-order valence-electron chi connectivity index (χ0n) is 23.1. The van der Waals surface area contributed by atoms with E-state index in [0.717, 1.165) is 54.8 Å². The summed E-state index contributed by atoms with van der Waals surface area (Å²) in [6, 6.07) is 15.7. The first kappa shape index (κ1) is 30.1. The Bertz CT molecular complexity index is 1490. The van der Waals surface area contributed by atoms with Gasteiger partial charge in [-0.15, -0.1) is 0 Å². The SMILES string of the molecule is COC(=O)c1c(O)cccc1OCCCCCN1CCc2ccc(N(C(=O)C(=O)O)c3ccccc3C(=O)O)cc2C1. The average Bonchev–Trinajstić information content (AvgIpc) is 2.98. The van der Waals surface area contributed by atoms with Crippen molar-refractivity contribution in [2.45, 2.75) is 32.2 Å². The van der Waals surface area contributed by atoms with Crippen molar-refractivity contribution in [1.29, 1.82) is 0 Å². The van der Waals surface area contributed by atoms with Crippen LogP contribution in [-0.2, 0) is 27.3 Å². The smallest absolute Gasteiger partial charge is 0.395 e. The van der Waals surface area contributed by atoms with Gasteiger partial charge in [-0.25, -0.2) is 14.4 Å². The van der Waals surface area contributed by atoms with Crippen LogP contribution >= 0.6 is 0 Å². The van der Waals surface area contributed by atoms with E-state index in [9.17, 15) is 34.5 Å². The van der Waals surface area contributed by atoms with Gasteiger partial charge < -0.3 is 24.8 Å². The molecule has 0 aliphatic carbocycles. The molecule has 3 aromatic rings. The van der Waals surface area contributed by atoms with Crippen LogP contribution in [0.25, 0.3) is 0 Å². The number of carboxylic acid groups (broad SMARTS) is 2. The fraction of sp³-hybridized carbons (Fsp3) is 0.290. The first-order valence-corrected chi connectivity index (χ1v) is 13.5. The predicted molar refractivity (Wildman–Crippen MR) is 152 cm³/mol. The Labute approximate surface area is 242 Å². The number of para-hydroxylation sites is 1. The number of phenols is 1. The molecule has 1 aliphatic heterocycles. The van der Waals surface area contributed by atoms with Crippen molar-refractivity contribution in [2.24, 2.45) is 0 Å². The molecule has 0 radical (unpaired) electrons. The van der Waals surface area contributed by atoms with Crippen molar-refractivity contribution in [3.8, 4) is 11.5 Å². The lowest BCUT2D eigenvalue weighted by Gasteiger charge is -2.30. The van der Waals surface area contributed by atoms with E-state index in [1.165, 1.54) is 31.4 Å². The third-order valence-electron chi connectivity index (χ3n) is 7.07. The molecule has 0 aromatic heterocycles. The van der Waals surface area contributed by atoms with Crippen molar-refractivity contribution in [1.82, 2.24) is 4.90 Å². The number of carbonyl (C=O) groups is 4. The van der Waals surface area contributed by atoms with E-state index in [0.29, 0.717) is 13.2 Å². The number of aliphatic carboxylic acids is 1. The first-order chi connectivity index (χ1) is 20.2. The molecule has 11 heteroatoms. The molecule has 11 nitrogen and oxygen atoms in total. The lowest BCUT2D eigenvalue weighted by Crippen LogP contribution is -2.34. The first-order valence-electron chi connectivity index (χ1n) is 13.5. The second kappa shape index (κ2) is 13.6. The summed E-state index contributed by atoms with van der Waals surface area (Å²) in [4.78, 5) is 51.4. The fourth-order valence-electron chi connectivity index (χ4n) is 4.99. The maximum atomic E-state index is 12.7. The van der Waals surface area contributed by atoms with Crippen LogP contribution in [0.2, 0.25) is 0 Å². The lowest BCUT2D eigenvalue weighted by molar-refractivity contribution is -0.148. The van der Waals surface area contributed by atoms with E-state index in [4.69, 9.17) is 9.47 Å². The number of carbonyl (C=O) groups excluding carboxylic acids is 2. The zero-order chi connectivity index (χ0) is 30.2. The molecule has 0 unspecified atom stereocenters. The number of hydrogen-bond donors (Lipinski definition) is 3. The van der Waals surface area contributed by atoms with Crippen LogP contribution in [0.5, 0.6) is 11.5 Å². The molecule has 0 bridgehead atoms. The number of aromatic hydroxyl groups is 1. The van der Waals surface area contributed by atoms with Crippen molar-refractivity contribution >= 4 is 35.2 Å². The van der Waals surface area contributed by atoms with Gasteiger partial charge in [-0.05, 0) is 79.8 Å². The van der Waals surface area contributed by atoms with Crippen LogP contribution in [0.15, 0.2) is 60.7 Å². The number of carboxylic acids is 2. The normalized spacial score (nSPS) is 12.7. The minimum atomic E-state index is -1.69. The number of benzene rings is 3. The molecular weight excluding hydrogens is 544 g/mol. The number of aromatic carboxylic acids is 1. The van der Waals surface area contributed by atoms with Gasteiger partial charge in [0.05, 0.1) is 25.0 Å². The molecule has 1 heterocycles. The van der Waals surface area contributed by atoms with E-state index >= 15 is 0 Å². The molecule has 0 spiro atoms. The van der Waals surface area contributed by atoms with Crippen LogP contribution in [0.1, 0.15) is 51.1 Å². The van der Waals surface area contributed by atoms with Gasteiger partial charge in [-0.2, -0.15) is 0 Å². The van der Waals surface area contributed by atoms with Gasteiger partial charge in [0.15, 0.2) is 0 Å². The molecular formula is C31H32N2O9. The summed E-state index contributed by atoms with van der Waals surface area (Å²) in [5.74, 6) is -4.81. The fourth-order valence-corrected chi connectivity index (χ4v) is 4.99. The number of unbranched alkanes of at least 4 members (excludes halogenated alkanes) is 2. The second-order valence-corrected chi connectivity index (χ2v) is 9.80. The summed E-state index contributed by atoms with van der Waals surface area (Å²) in [5, 5.41) is 29.1. The summed E-state index contributed by atoms with van der Waals surface area (Å²) in [6.45, 7) is 2.61. The van der Waals surface area contributed by atoms with Crippen molar-refractivity contribution in [3.63, 3.8) is 0 Å². The highest BCUT2D eigenvalue weighted by Crippen LogP contribution is 2.33. The molecule has 3 aromatic carbocycles. The number of fused-ring (bicyclic) bond motifs is 1. The van der Waals surface area contributed by atoms with Gasteiger partial charge in [0, 0.05) is 18.8 Å². The van der Waals surface area contributed by atoms with E-state index in [1.54, 1.807) is 30.3 Å². The third kappa shape index (κ3) is 6.87. The Morgan fingerprint density at radius 2 is 1.71 bits per heavy atom. The van der Waals surface area contributed by atoms with Crippen LogP contribution in [-0.4, -0.2) is 70.8 Å². The van der Waals surface area contributed by atoms with Crippen molar-refractivity contribution in [3.05, 3.63) is 82.9 Å². The Hall–Kier alpha value is -4.90. The number of ether oxygens (including phenoxy) is 2. The minimum Gasteiger partial charge on any atom is -0.507 e. The van der Waals surface area contributed by atoms with E-state index in [-0.39, 0.29) is 34.0 Å². The maximum absolute atomic E-state index is 12.7. The van der Waals surface area contributed by atoms with Gasteiger partial charge in [0.1, 0.15) is 17.1 Å². The number of nitrogens with zero attached hydrogens (tertiary/aromatic N) is 2. The Kier molecular flexibility index (Phi) is 9.77. The molecule has 3 N–H and O–H groups in total. The number of esters is 1. The molecule has 220 valence electrons. The molecule has 42 heavy (non-hydrogen) atoms. The van der Waals surface area contributed by atoms with Gasteiger partial charge in [0.25, 0.3) is 0 Å². The lowest BCUT2D eigenvalue weighted by atomic mass is 9.98.